The fourth-order valence-corrected chi connectivity index (χ4v) is 4.05. The first-order valence-corrected chi connectivity index (χ1v) is 8.11. The number of amides is 2. The highest BCUT2D eigenvalue weighted by atomic mass is 19.1. The van der Waals surface area contributed by atoms with Crippen molar-refractivity contribution in [2.24, 2.45) is 17.8 Å². The first-order valence-electron chi connectivity index (χ1n) is 8.11. The summed E-state index contributed by atoms with van der Waals surface area (Å²) in [5.74, 6) is 2.06. The Morgan fingerprint density at radius 3 is 2.68 bits per heavy atom. The fraction of sp³-hybridized carbons (Fsp3) is 0.500. The normalized spacial score (nSPS) is 28.0. The molecule has 1 aromatic rings. The molecule has 2 aliphatic rings. The summed E-state index contributed by atoms with van der Waals surface area (Å²) < 4.78 is 12.8. The average Bonchev–Trinajstić information content (AvgIpc) is 3.12. The largest absolute Gasteiger partial charge is 0.335 e. The molecule has 2 fully saturated rings. The van der Waals surface area contributed by atoms with E-state index in [9.17, 15) is 9.18 Å². The summed E-state index contributed by atoms with van der Waals surface area (Å²) in [5.41, 5.74) is 0.850. The van der Waals surface area contributed by atoms with Crippen LogP contribution in [0.15, 0.2) is 30.5 Å². The smallest absolute Gasteiger partial charge is 0.318 e. The van der Waals surface area contributed by atoms with E-state index in [1.54, 1.807) is 24.4 Å². The summed E-state index contributed by atoms with van der Waals surface area (Å²) in [6.07, 6.45) is 8.66. The van der Waals surface area contributed by atoms with Gasteiger partial charge in [-0.3, -0.25) is 0 Å². The molecule has 0 radical (unpaired) electrons. The second-order valence-electron chi connectivity index (χ2n) is 6.63. The maximum atomic E-state index is 12.8. The number of fused-ring (bicyclic) bond motifs is 2. The van der Waals surface area contributed by atoms with Gasteiger partial charge < -0.3 is 10.6 Å². The molecule has 22 heavy (non-hydrogen) atoms. The molecule has 2 aliphatic carbocycles. The summed E-state index contributed by atoms with van der Waals surface area (Å²) in [6, 6.07) is 6.18. The van der Waals surface area contributed by atoms with Gasteiger partial charge in [0.15, 0.2) is 0 Å². The quantitative estimate of drug-likeness (QED) is 0.869. The molecular formula is C18H23FN2O. The number of halogens is 1. The van der Waals surface area contributed by atoms with Crippen LogP contribution in [0.5, 0.6) is 0 Å². The van der Waals surface area contributed by atoms with Crippen molar-refractivity contribution in [2.75, 3.05) is 0 Å². The van der Waals surface area contributed by atoms with E-state index in [-0.39, 0.29) is 17.9 Å². The van der Waals surface area contributed by atoms with Crippen LogP contribution in [0.3, 0.4) is 0 Å². The van der Waals surface area contributed by atoms with Crippen LogP contribution in [0, 0.1) is 23.6 Å². The maximum Gasteiger partial charge on any atom is 0.318 e. The number of rotatable bonds is 4. The molecule has 2 N–H and O–H groups in total. The van der Waals surface area contributed by atoms with Crippen LogP contribution < -0.4 is 10.6 Å². The van der Waals surface area contributed by atoms with E-state index < -0.39 is 0 Å². The van der Waals surface area contributed by atoms with Gasteiger partial charge >= 0.3 is 6.03 Å². The van der Waals surface area contributed by atoms with Crippen LogP contribution in [-0.4, -0.2) is 12.1 Å². The summed E-state index contributed by atoms with van der Waals surface area (Å²) in [5, 5.41) is 5.76. The monoisotopic (exact) mass is 302 g/mol. The summed E-state index contributed by atoms with van der Waals surface area (Å²) in [4.78, 5) is 11.9. The third-order valence-electron chi connectivity index (χ3n) is 5.15. The lowest BCUT2D eigenvalue weighted by Gasteiger charge is -2.28. The summed E-state index contributed by atoms with van der Waals surface area (Å²) in [7, 11) is 0. The van der Waals surface area contributed by atoms with Gasteiger partial charge in [0.25, 0.3) is 0 Å². The van der Waals surface area contributed by atoms with Crippen molar-refractivity contribution in [3.05, 3.63) is 41.8 Å². The standard InChI is InChI=1S/C18H23FN2O/c1-12(17-11-14-2-5-15(17)10-14)21-18(22)20-9-8-13-3-6-16(19)7-4-13/h3-4,6-9,12,14-15,17H,2,5,10-11H2,1H3,(H2,20,21,22)/b9-8+. The maximum absolute atomic E-state index is 12.8. The Morgan fingerprint density at radius 1 is 1.27 bits per heavy atom. The molecule has 0 heterocycles. The molecule has 3 rings (SSSR count). The molecule has 4 heteroatoms. The molecule has 4 unspecified atom stereocenters. The van der Waals surface area contributed by atoms with Gasteiger partial charge in [0.2, 0.25) is 0 Å². The zero-order chi connectivity index (χ0) is 15.5. The Morgan fingerprint density at radius 2 is 2.05 bits per heavy atom. The van der Waals surface area contributed by atoms with Crippen LogP contribution >= 0.6 is 0 Å². The van der Waals surface area contributed by atoms with E-state index in [0.717, 1.165) is 17.4 Å². The van der Waals surface area contributed by atoms with E-state index >= 15 is 0 Å². The molecule has 1 aromatic carbocycles. The van der Waals surface area contributed by atoms with E-state index in [1.165, 1.54) is 37.8 Å². The lowest BCUT2D eigenvalue weighted by Crippen LogP contribution is -2.43. The Kier molecular flexibility index (Phi) is 4.46. The number of benzene rings is 1. The molecule has 2 amide bonds. The second-order valence-corrected chi connectivity index (χ2v) is 6.63. The molecule has 4 atom stereocenters. The van der Waals surface area contributed by atoms with Crippen molar-refractivity contribution >= 4 is 12.1 Å². The second kappa shape index (κ2) is 6.51. The highest BCUT2D eigenvalue weighted by Crippen LogP contribution is 2.49. The summed E-state index contributed by atoms with van der Waals surface area (Å²) in [6.45, 7) is 2.11. The van der Waals surface area contributed by atoms with Crippen LogP contribution in [0.1, 0.15) is 38.2 Å². The number of hydrogen-bond acceptors (Lipinski definition) is 1. The molecule has 0 aliphatic heterocycles. The molecule has 2 bridgehead atoms. The Balaban J connectivity index is 1.45. The molecule has 0 spiro atoms. The first kappa shape index (κ1) is 15.1. The first-order chi connectivity index (χ1) is 10.6. The number of hydrogen-bond donors (Lipinski definition) is 2. The minimum atomic E-state index is -0.262. The van der Waals surface area contributed by atoms with Gasteiger partial charge in [0, 0.05) is 12.2 Å². The third kappa shape index (κ3) is 3.49. The van der Waals surface area contributed by atoms with Gasteiger partial charge in [0.1, 0.15) is 5.82 Å². The third-order valence-corrected chi connectivity index (χ3v) is 5.15. The van der Waals surface area contributed by atoms with Crippen LogP contribution in [0.25, 0.3) is 6.08 Å². The number of nitrogens with one attached hydrogen (secondary N) is 2. The fourth-order valence-electron chi connectivity index (χ4n) is 4.05. The number of carbonyl (C=O) groups is 1. The van der Waals surface area contributed by atoms with Crippen molar-refractivity contribution in [1.82, 2.24) is 10.6 Å². The molecule has 0 aromatic heterocycles. The zero-order valence-electron chi connectivity index (χ0n) is 12.9. The lowest BCUT2D eigenvalue weighted by molar-refractivity contribution is 0.223. The highest BCUT2D eigenvalue weighted by molar-refractivity contribution is 5.76. The zero-order valence-corrected chi connectivity index (χ0v) is 12.9. The Bertz CT molecular complexity index is 555. The number of urea groups is 1. The van der Waals surface area contributed by atoms with Crippen molar-refractivity contribution in [3.8, 4) is 0 Å². The van der Waals surface area contributed by atoms with Gasteiger partial charge in [-0.1, -0.05) is 18.6 Å². The lowest BCUT2D eigenvalue weighted by atomic mass is 9.84. The SMILES string of the molecule is CC(NC(=O)N/C=C/c1ccc(F)cc1)C1CC2CCC1C2. The molecule has 3 nitrogen and oxygen atoms in total. The predicted molar refractivity (Wildman–Crippen MR) is 85.5 cm³/mol. The van der Waals surface area contributed by atoms with Gasteiger partial charge in [-0.25, -0.2) is 9.18 Å². The predicted octanol–water partition coefficient (Wildman–Crippen LogP) is 3.92. The van der Waals surface area contributed by atoms with Crippen molar-refractivity contribution in [2.45, 2.75) is 38.6 Å². The van der Waals surface area contributed by atoms with Gasteiger partial charge in [-0.15, -0.1) is 0 Å². The van der Waals surface area contributed by atoms with E-state index in [1.807, 2.05) is 0 Å². The Labute approximate surface area is 131 Å². The minimum absolute atomic E-state index is 0.173. The van der Waals surface area contributed by atoms with Crippen molar-refractivity contribution < 1.29 is 9.18 Å². The van der Waals surface area contributed by atoms with Gasteiger partial charge in [0.05, 0.1) is 0 Å². The number of carbonyl (C=O) groups excluding carboxylic acids is 1. The Hall–Kier alpha value is -1.84. The van der Waals surface area contributed by atoms with E-state index in [0.29, 0.717) is 5.92 Å². The summed E-state index contributed by atoms with van der Waals surface area (Å²) >= 11 is 0. The molecule has 118 valence electrons. The van der Waals surface area contributed by atoms with Gasteiger partial charge in [-0.2, -0.15) is 0 Å². The topological polar surface area (TPSA) is 41.1 Å². The van der Waals surface area contributed by atoms with Crippen molar-refractivity contribution in [3.63, 3.8) is 0 Å². The molecule has 2 saturated carbocycles. The minimum Gasteiger partial charge on any atom is -0.335 e. The van der Waals surface area contributed by atoms with E-state index in [2.05, 4.69) is 17.6 Å². The van der Waals surface area contributed by atoms with Crippen LogP contribution in [0.2, 0.25) is 0 Å². The van der Waals surface area contributed by atoms with E-state index in [4.69, 9.17) is 0 Å². The van der Waals surface area contributed by atoms with Gasteiger partial charge in [-0.05, 0) is 67.7 Å². The molecular weight excluding hydrogens is 279 g/mol. The van der Waals surface area contributed by atoms with Crippen LogP contribution in [0.4, 0.5) is 9.18 Å². The van der Waals surface area contributed by atoms with Crippen LogP contribution in [-0.2, 0) is 0 Å². The van der Waals surface area contributed by atoms with Crippen molar-refractivity contribution in [1.29, 1.82) is 0 Å². The average molecular weight is 302 g/mol. The highest BCUT2D eigenvalue weighted by Gasteiger charge is 2.42. The molecule has 0 saturated heterocycles.